The molecule has 0 saturated carbocycles. The Morgan fingerprint density at radius 2 is 1.50 bits per heavy atom. The molecule has 0 radical (unpaired) electrons. The quantitative estimate of drug-likeness (QED) is 0.526. The van der Waals surface area contributed by atoms with Gasteiger partial charge in [-0.25, -0.2) is 0 Å². The van der Waals surface area contributed by atoms with Crippen LogP contribution in [0.3, 0.4) is 0 Å². The summed E-state index contributed by atoms with van der Waals surface area (Å²) >= 11 is 0. The van der Waals surface area contributed by atoms with Crippen LogP contribution >= 0.6 is 0 Å². The van der Waals surface area contributed by atoms with Crippen LogP contribution in [0.4, 0.5) is 0 Å². The van der Waals surface area contributed by atoms with Gasteiger partial charge in [0.1, 0.15) is 5.75 Å². The van der Waals surface area contributed by atoms with Gasteiger partial charge in [-0.3, -0.25) is 0 Å². The van der Waals surface area contributed by atoms with Crippen LogP contribution in [0.25, 0.3) is 10.8 Å². The average molecular weight is 280 g/mol. The molecule has 0 amide bonds. The predicted molar refractivity (Wildman–Crippen MR) is 84.4 cm³/mol. The molecule has 0 N–H and O–H groups in total. The van der Waals surface area contributed by atoms with Crippen molar-refractivity contribution in [2.75, 3.05) is 0 Å². The minimum absolute atomic E-state index is 0.612. The summed E-state index contributed by atoms with van der Waals surface area (Å²) < 4.78 is 11.4. The number of rotatable bonds is 5. The highest BCUT2D eigenvalue weighted by Gasteiger charge is 2.00. The van der Waals surface area contributed by atoms with Crippen LogP contribution in [0, 0.1) is 0 Å². The van der Waals surface area contributed by atoms with E-state index in [2.05, 4.69) is 42.5 Å². The summed E-state index contributed by atoms with van der Waals surface area (Å²) in [5.74, 6) is 0.886. The fraction of sp³-hybridized carbons (Fsp3) is 0.0588. The molecule has 0 heterocycles. The third-order valence-corrected chi connectivity index (χ3v) is 4.01. The molecule has 0 spiro atoms. The molecule has 3 aromatic carbocycles. The zero-order valence-corrected chi connectivity index (χ0v) is 12.6. The standard InChI is InChI=1S/C17H16O2Si/c1-2-10-16(11-3-1)19-20-18-13-15-9-6-8-14-7-4-5-12-17(14)15/h1-12H,13,20H2. The van der Waals surface area contributed by atoms with E-state index in [0.29, 0.717) is 6.61 Å². The molecule has 0 fully saturated rings. The summed E-state index contributed by atoms with van der Waals surface area (Å²) in [5.41, 5.74) is 1.22. The zero-order valence-electron chi connectivity index (χ0n) is 11.2. The normalized spacial score (nSPS) is 11.2. The van der Waals surface area contributed by atoms with E-state index >= 15 is 0 Å². The fourth-order valence-corrected chi connectivity index (χ4v) is 2.91. The molecule has 0 bridgehead atoms. The SMILES string of the molecule is c1ccc(O[SiH2]OCc2cccc3ccccc23)cc1. The Balaban J connectivity index is 1.60. The highest BCUT2D eigenvalue weighted by Crippen LogP contribution is 2.19. The van der Waals surface area contributed by atoms with Crippen LogP contribution in [0.5, 0.6) is 5.75 Å². The van der Waals surface area contributed by atoms with E-state index in [1.54, 1.807) is 0 Å². The van der Waals surface area contributed by atoms with Gasteiger partial charge in [-0.15, -0.1) is 0 Å². The van der Waals surface area contributed by atoms with E-state index in [4.69, 9.17) is 8.85 Å². The van der Waals surface area contributed by atoms with Crippen molar-refractivity contribution < 1.29 is 8.85 Å². The lowest BCUT2D eigenvalue weighted by Crippen LogP contribution is -2.07. The first-order chi connectivity index (χ1) is 9.93. The van der Waals surface area contributed by atoms with Gasteiger partial charge < -0.3 is 8.85 Å². The molecule has 3 aromatic rings. The number of fused-ring (bicyclic) bond motifs is 1. The van der Waals surface area contributed by atoms with E-state index in [9.17, 15) is 0 Å². The Hall–Kier alpha value is -2.10. The maximum absolute atomic E-state index is 5.75. The molecular formula is C17H16O2Si. The van der Waals surface area contributed by atoms with Crippen molar-refractivity contribution in [3.05, 3.63) is 78.4 Å². The number of para-hydroxylation sites is 1. The summed E-state index contributed by atoms with van der Waals surface area (Å²) in [6, 6.07) is 24.5. The van der Waals surface area contributed by atoms with Crippen LogP contribution in [0.2, 0.25) is 0 Å². The number of hydrogen-bond donors (Lipinski definition) is 0. The van der Waals surface area contributed by atoms with Gasteiger partial charge in [0.2, 0.25) is 0 Å². The highest BCUT2D eigenvalue weighted by atomic mass is 28.3. The predicted octanol–water partition coefficient (Wildman–Crippen LogP) is 3.43. The molecule has 3 heteroatoms. The Morgan fingerprint density at radius 1 is 0.750 bits per heavy atom. The van der Waals surface area contributed by atoms with Crippen LogP contribution in [0.1, 0.15) is 5.56 Å². The molecule has 20 heavy (non-hydrogen) atoms. The molecule has 0 aliphatic carbocycles. The average Bonchev–Trinajstić information content (AvgIpc) is 2.53. The molecule has 0 aliphatic heterocycles. The lowest BCUT2D eigenvalue weighted by atomic mass is 10.1. The van der Waals surface area contributed by atoms with Gasteiger partial charge in [-0.2, -0.15) is 0 Å². The van der Waals surface area contributed by atoms with Crippen molar-refractivity contribution in [2.24, 2.45) is 0 Å². The Bertz CT molecular complexity index is 677. The van der Waals surface area contributed by atoms with Crippen LogP contribution in [-0.2, 0) is 11.0 Å². The van der Waals surface area contributed by atoms with Gasteiger partial charge in [-0.05, 0) is 28.5 Å². The summed E-state index contributed by atoms with van der Waals surface area (Å²) in [5, 5.41) is 2.50. The molecule has 3 rings (SSSR count). The van der Waals surface area contributed by atoms with E-state index in [-0.39, 0.29) is 0 Å². The Labute approximate surface area is 121 Å². The van der Waals surface area contributed by atoms with Crippen LogP contribution in [0.15, 0.2) is 72.8 Å². The topological polar surface area (TPSA) is 18.5 Å². The van der Waals surface area contributed by atoms with Crippen LogP contribution in [-0.4, -0.2) is 10.0 Å². The van der Waals surface area contributed by atoms with Gasteiger partial charge >= 0.3 is 10.0 Å². The van der Waals surface area contributed by atoms with Gasteiger partial charge in [-0.1, -0.05) is 60.7 Å². The smallest absolute Gasteiger partial charge is 0.366 e. The van der Waals surface area contributed by atoms with Gasteiger partial charge in [0, 0.05) is 0 Å². The van der Waals surface area contributed by atoms with Crippen molar-refractivity contribution >= 4 is 20.8 Å². The van der Waals surface area contributed by atoms with E-state index in [0.717, 1.165) is 5.75 Å². The summed E-state index contributed by atoms with van der Waals surface area (Å²) in [6.45, 7) is 0.612. The van der Waals surface area contributed by atoms with E-state index in [1.807, 2.05) is 30.3 Å². The zero-order chi connectivity index (χ0) is 13.6. The third-order valence-electron chi connectivity index (χ3n) is 3.19. The molecule has 100 valence electrons. The first kappa shape index (κ1) is 12.9. The largest absolute Gasteiger partial charge is 0.525 e. The van der Waals surface area contributed by atoms with Crippen LogP contribution < -0.4 is 4.43 Å². The molecule has 0 atom stereocenters. The second-order valence-electron chi connectivity index (χ2n) is 4.56. The van der Waals surface area contributed by atoms with E-state index in [1.165, 1.54) is 16.3 Å². The first-order valence-corrected chi connectivity index (χ1v) is 7.81. The fourth-order valence-electron chi connectivity index (χ4n) is 2.20. The van der Waals surface area contributed by atoms with Crippen molar-refractivity contribution in [2.45, 2.75) is 6.61 Å². The molecule has 2 nitrogen and oxygen atoms in total. The lowest BCUT2D eigenvalue weighted by Gasteiger charge is -2.09. The van der Waals surface area contributed by atoms with Gasteiger partial charge in [0.05, 0.1) is 6.61 Å². The van der Waals surface area contributed by atoms with Crippen molar-refractivity contribution in [3.8, 4) is 5.75 Å². The molecule has 0 unspecified atom stereocenters. The summed E-state index contributed by atoms with van der Waals surface area (Å²) in [4.78, 5) is 0. The third kappa shape index (κ3) is 3.07. The lowest BCUT2D eigenvalue weighted by molar-refractivity contribution is 0.280. The van der Waals surface area contributed by atoms with Crippen molar-refractivity contribution in [1.82, 2.24) is 0 Å². The summed E-state index contributed by atoms with van der Waals surface area (Å²) in [7, 11) is -0.997. The summed E-state index contributed by atoms with van der Waals surface area (Å²) in [6.07, 6.45) is 0. The highest BCUT2D eigenvalue weighted by molar-refractivity contribution is 6.19. The second kappa shape index (κ2) is 6.37. The maximum atomic E-state index is 5.75. The molecule has 0 aromatic heterocycles. The minimum atomic E-state index is -0.997. The Morgan fingerprint density at radius 3 is 2.40 bits per heavy atom. The first-order valence-electron chi connectivity index (χ1n) is 6.66. The molecule has 0 saturated heterocycles. The molecular weight excluding hydrogens is 264 g/mol. The second-order valence-corrected chi connectivity index (χ2v) is 5.49. The number of benzene rings is 3. The maximum Gasteiger partial charge on any atom is 0.366 e. The molecule has 0 aliphatic rings. The van der Waals surface area contributed by atoms with Crippen molar-refractivity contribution in [3.63, 3.8) is 0 Å². The minimum Gasteiger partial charge on any atom is -0.525 e. The van der Waals surface area contributed by atoms with Gasteiger partial charge in [0.15, 0.2) is 0 Å². The van der Waals surface area contributed by atoms with E-state index < -0.39 is 10.0 Å². The van der Waals surface area contributed by atoms with Crippen molar-refractivity contribution in [1.29, 1.82) is 0 Å². The Kier molecular flexibility index (Phi) is 4.11. The monoisotopic (exact) mass is 280 g/mol. The van der Waals surface area contributed by atoms with Gasteiger partial charge in [0.25, 0.3) is 0 Å². The number of hydrogen-bond acceptors (Lipinski definition) is 2.